The average molecular weight is 442 g/mol. The molecule has 0 aliphatic carbocycles. The predicted molar refractivity (Wildman–Crippen MR) is 138 cm³/mol. The maximum Gasteiger partial charge on any atom is 0.217 e. The Bertz CT molecular complexity index is 1350. The van der Waals surface area contributed by atoms with Crippen LogP contribution in [-0.4, -0.2) is 24.4 Å². The van der Waals surface area contributed by atoms with Crippen LogP contribution in [0.4, 0.5) is 11.4 Å². The zero-order chi connectivity index (χ0) is 22.8. The largest absolute Gasteiger partial charge is 0.347 e. The molecular weight excluding hydrogens is 412 g/mol. The van der Waals surface area contributed by atoms with E-state index in [0.717, 1.165) is 5.02 Å². The molecule has 0 saturated heterocycles. The summed E-state index contributed by atoms with van der Waals surface area (Å²) < 4.78 is 2.37. The molecule has 0 fully saturated rings. The Hall–Kier alpha value is -2.84. The van der Waals surface area contributed by atoms with Crippen molar-refractivity contribution in [3.8, 4) is 0 Å². The molecule has 2 heterocycles. The number of hydrogen-bond donors (Lipinski definition) is 0. The minimum absolute atomic E-state index is 0.0588. The van der Waals surface area contributed by atoms with Crippen molar-refractivity contribution in [2.24, 2.45) is 0 Å². The summed E-state index contributed by atoms with van der Waals surface area (Å²) >= 11 is 6.31. The molecule has 0 radical (unpaired) electrons. The van der Waals surface area contributed by atoms with E-state index < -0.39 is 0 Å². The van der Waals surface area contributed by atoms with E-state index in [2.05, 4.69) is 118 Å². The molecule has 0 bridgehead atoms. The van der Waals surface area contributed by atoms with E-state index in [9.17, 15) is 0 Å². The van der Waals surface area contributed by atoms with Gasteiger partial charge in [0.15, 0.2) is 5.71 Å². The topological polar surface area (TPSA) is 6.25 Å². The van der Waals surface area contributed by atoms with Crippen LogP contribution in [0.15, 0.2) is 78.5 Å². The number of benzene rings is 3. The van der Waals surface area contributed by atoms with Crippen LogP contribution >= 0.6 is 11.6 Å². The average Bonchev–Trinajstić information content (AvgIpc) is 3.07. The van der Waals surface area contributed by atoms with E-state index in [0.29, 0.717) is 0 Å². The Morgan fingerprint density at radius 2 is 1.66 bits per heavy atom. The van der Waals surface area contributed by atoms with Crippen LogP contribution in [0, 0.1) is 0 Å². The van der Waals surface area contributed by atoms with Crippen molar-refractivity contribution < 1.29 is 4.58 Å². The third-order valence-electron chi connectivity index (χ3n) is 7.41. The highest BCUT2D eigenvalue weighted by atomic mass is 35.5. The smallest absolute Gasteiger partial charge is 0.217 e. The standard InChI is InChI=1S/C29H30ClN2/c1-28(2)22-16-14-19-10-7-8-11-21(19)27(22)32(6)26(28)13-9-12-25-29(3,4)23-18-20(30)15-17-24(23)31(25)5/h7-18H,1-6H3/q+1. The zero-order valence-corrected chi connectivity index (χ0v) is 20.5. The first kappa shape index (κ1) is 21.0. The van der Waals surface area contributed by atoms with Gasteiger partial charge in [-0.15, -0.1) is 0 Å². The van der Waals surface area contributed by atoms with Gasteiger partial charge in [0.2, 0.25) is 5.69 Å². The summed E-state index contributed by atoms with van der Waals surface area (Å²) in [7, 11) is 4.33. The molecule has 0 spiro atoms. The number of likely N-dealkylation sites (N-methyl/N-ethyl adjacent to an activating group) is 1. The second-order valence-corrected chi connectivity index (χ2v) is 10.4. The summed E-state index contributed by atoms with van der Waals surface area (Å²) in [5.74, 6) is 0. The first-order valence-electron chi connectivity index (χ1n) is 11.2. The van der Waals surface area contributed by atoms with Crippen molar-refractivity contribution in [3.05, 3.63) is 94.7 Å². The van der Waals surface area contributed by atoms with Crippen molar-refractivity contribution in [1.82, 2.24) is 0 Å². The van der Waals surface area contributed by atoms with Crippen LogP contribution in [0.2, 0.25) is 5.02 Å². The van der Waals surface area contributed by atoms with E-state index >= 15 is 0 Å². The van der Waals surface area contributed by atoms with E-state index in [-0.39, 0.29) is 10.8 Å². The molecule has 2 aliphatic heterocycles. The first-order valence-corrected chi connectivity index (χ1v) is 11.6. The van der Waals surface area contributed by atoms with Gasteiger partial charge in [-0.25, -0.2) is 0 Å². The highest BCUT2D eigenvalue weighted by Crippen LogP contribution is 2.48. The van der Waals surface area contributed by atoms with Crippen LogP contribution in [-0.2, 0) is 10.8 Å². The van der Waals surface area contributed by atoms with Crippen molar-refractivity contribution in [3.63, 3.8) is 0 Å². The number of allylic oxidation sites excluding steroid dienone is 4. The number of nitrogens with zero attached hydrogens (tertiary/aromatic N) is 2. The Labute approximate surface area is 196 Å². The maximum absolute atomic E-state index is 6.31. The van der Waals surface area contributed by atoms with Crippen LogP contribution in [0.25, 0.3) is 10.8 Å². The minimum Gasteiger partial charge on any atom is -0.347 e. The highest BCUT2D eigenvalue weighted by Gasteiger charge is 2.44. The van der Waals surface area contributed by atoms with Gasteiger partial charge in [0.25, 0.3) is 0 Å². The summed E-state index contributed by atoms with van der Waals surface area (Å²) in [6, 6.07) is 19.4. The van der Waals surface area contributed by atoms with Crippen molar-refractivity contribution in [1.29, 1.82) is 0 Å². The fourth-order valence-electron chi connectivity index (χ4n) is 5.66. The minimum atomic E-state index is -0.0970. The first-order chi connectivity index (χ1) is 15.1. The Balaban J connectivity index is 1.57. The van der Waals surface area contributed by atoms with Crippen molar-refractivity contribution >= 4 is 39.5 Å². The molecule has 2 nitrogen and oxygen atoms in total. The third kappa shape index (κ3) is 2.89. The predicted octanol–water partition coefficient (Wildman–Crippen LogP) is 7.37. The second kappa shape index (κ2) is 7.08. The molecule has 0 N–H and O–H groups in total. The van der Waals surface area contributed by atoms with E-state index in [1.165, 1.54) is 44.7 Å². The Morgan fingerprint density at radius 1 is 0.906 bits per heavy atom. The van der Waals surface area contributed by atoms with Gasteiger partial charge in [0.05, 0.1) is 10.8 Å². The molecule has 3 aromatic rings. The molecular formula is C29H30ClN2+. The maximum atomic E-state index is 6.31. The molecule has 32 heavy (non-hydrogen) atoms. The Kier molecular flexibility index (Phi) is 4.65. The van der Waals surface area contributed by atoms with Gasteiger partial charge in [0, 0.05) is 40.5 Å². The van der Waals surface area contributed by atoms with E-state index in [1.807, 2.05) is 6.07 Å². The van der Waals surface area contributed by atoms with Crippen LogP contribution in [0.5, 0.6) is 0 Å². The molecule has 162 valence electrons. The third-order valence-corrected chi connectivity index (χ3v) is 7.65. The molecule has 0 atom stereocenters. The molecule has 0 amide bonds. The van der Waals surface area contributed by atoms with Gasteiger partial charge >= 0.3 is 0 Å². The molecule has 5 rings (SSSR count). The lowest BCUT2D eigenvalue weighted by Gasteiger charge is -2.23. The van der Waals surface area contributed by atoms with Crippen LogP contribution in [0.3, 0.4) is 0 Å². The quantitative estimate of drug-likeness (QED) is 0.376. The number of fused-ring (bicyclic) bond motifs is 4. The van der Waals surface area contributed by atoms with Crippen molar-refractivity contribution in [2.75, 3.05) is 19.0 Å². The van der Waals surface area contributed by atoms with Crippen molar-refractivity contribution in [2.45, 2.75) is 38.5 Å². The van der Waals surface area contributed by atoms with Gasteiger partial charge in [-0.2, -0.15) is 4.58 Å². The number of rotatable bonds is 2. The Morgan fingerprint density at radius 3 is 2.44 bits per heavy atom. The van der Waals surface area contributed by atoms with Gasteiger partial charge in [-0.3, -0.25) is 0 Å². The normalized spacial score (nSPS) is 20.0. The summed E-state index contributed by atoms with van der Waals surface area (Å²) in [6.07, 6.45) is 6.75. The van der Waals surface area contributed by atoms with Gasteiger partial charge < -0.3 is 4.90 Å². The SMILES string of the molecule is CN1C(=CC=CC2=[N+](C)c3c(ccc4ccccc34)C2(C)C)C(C)(C)c2cc(Cl)ccc21. The highest BCUT2D eigenvalue weighted by molar-refractivity contribution is 6.30. The van der Waals surface area contributed by atoms with Gasteiger partial charge in [-0.05, 0) is 55.1 Å². The second-order valence-electron chi connectivity index (χ2n) is 10.0. The molecule has 0 aromatic heterocycles. The summed E-state index contributed by atoms with van der Waals surface area (Å²) in [6.45, 7) is 9.18. The monoisotopic (exact) mass is 441 g/mol. The lowest BCUT2D eigenvalue weighted by molar-refractivity contribution is -0.399. The van der Waals surface area contributed by atoms with Crippen LogP contribution in [0.1, 0.15) is 38.8 Å². The van der Waals surface area contributed by atoms with Crippen LogP contribution < -0.4 is 4.90 Å². The summed E-state index contributed by atoms with van der Waals surface area (Å²) in [5, 5.41) is 3.38. The molecule has 0 unspecified atom stereocenters. The molecule has 3 heteroatoms. The summed E-state index contributed by atoms with van der Waals surface area (Å²) in [4.78, 5) is 2.28. The number of halogens is 1. The zero-order valence-electron chi connectivity index (χ0n) is 19.7. The number of anilines is 1. The molecule has 0 saturated carbocycles. The lowest BCUT2D eigenvalue weighted by Crippen LogP contribution is -2.26. The fourth-order valence-corrected chi connectivity index (χ4v) is 5.83. The fraction of sp³-hybridized carbons (Fsp3) is 0.276. The number of hydrogen-bond acceptors (Lipinski definition) is 1. The lowest BCUT2D eigenvalue weighted by atomic mass is 9.80. The molecule has 2 aliphatic rings. The van der Waals surface area contributed by atoms with Gasteiger partial charge in [-0.1, -0.05) is 61.9 Å². The summed E-state index contributed by atoms with van der Waals surface area (Å²) in [5.41, 5.74) is 7.62. The molecule has 3 aromatic carbocycles. The van der Waals surface area contributed by atoms with Gasteiger partial charge in [0.1, 0.15) is 7.05 Å². The van der Waals surface area contributed by atoms with E-state index in [4.69, 9.17) is 11.6 Å². The van der Waals surface area contributed by atoms with E-state index in [1.54, 1.807) is 0 Å².